The van der Waals surface area contributed by atoms with E-state index in [0.717, 1.165) is 16.4 Å². The Morgan fingerprint density at radius 2 is 2.12 bits per heavy atom. The van der Waals surface area contributed by atoms with Gasteiger partial charge in [0.25, 0.3) is 0 Å². The van der Waals surface area contributed by atoms with Crippen LogP contribution in [0.2, 0.25) is 0 Å². The molecule has 0 aliphatic rings. The monoisotopic (exact) mass is 357 g/mol. The minimum atomic E-state index is -0.322. The van der Waals surface area contributed by atoms with Crippen LogP contribution in [-0.2, 0) is 23.2 Å². The van der Waals surface area contributed by atoms with Crippen molar-refractivity contribution in [3.63, 3.8) is 0 Å². The lowest BCUT2D eigenvalue weighted by molar-refractivity contribution is -0.124. The molecule has 2 N–H and O–H groups in total. The predicted octanol–water partition coefficient (Wildman–Crippen LogP) is 3.07. The van der Waals surface area contributed by atoms with Gasteiger partial charge in [0.05, 0.1) is 18.6 Å². The van der Waals surface area contributed by atoms with Gasteiger partial charge in [-0.3, -0.25) is 4.79 Å². The molecule has 132 valence electrons. The topological polar surface area (TPSA) is 75.6 Å². The fourth-order valence-corrected chi connectivity index (χ4v) is 3.47. The number of hydrogen-bond acceptors (Lipinski definition) is 4. The summed E-state index contributed by atoms with van der Waals surface area (Å²) in [4.78, 5) is 24.5. The third kappa shape index (κ3) is 4.36. The van der Waals surface area contributed by atoms with E-state index in [2.05, 4.69) is 46.4 Å². The first kappa shape index (κ1) is 17.4. The number of carbonyl (C=O) groups is 1. The van der Waals surface area contributed by atoms with Crippen molar-refractivity contribution in [3.05, 3.63) is 58.8 Å². The van der Waals surface area contributed by atoms with E-state index in [1.807, 2.05) is 29.1 Å². The van der Waals surface area contributed by atoms with Gasteiger partial charge in [-0.1, -0.05) is 20.8 Å². The third-order valence-corrected chi connectivity index (χ3v) is 4.84. The first-order chi connectivity index (χ1) is 11.9. The molecule has 0 saturated heterocycles. The Kier molecular flexibility index (Phi) is 5.03. The highest BCUT2D eigenvalue weighted by Gasteiger charge is 2.22. The number of rotatable bonds is 6. The van der Waals surface area contributed by atoms with Crippen LogP contribution in [0.5, 0.6) is 0 Å². The number of nitrogens with one attached hydrogen (secondary N) is 2. The van der Waals surface area contributed by atoms with E-state index in [1.165, 1.54) is 0 Å². The van der Waals surface area contributed by atoms with Crippen molar-refractivity contribution >= 4 is 17.2 Å². The first-order valence-electron chi connectivity index (χ1n) is 8.26. The summed E-state index contributed by atoms with van der Waals surface area (Å²) >= 11 is 1.58. The number of aromatic amines is 1. The number of carbonyl (C=O) groups excluding carboxylic acids is 1. The lowest BCUT2D eigenvalue weighted by Crippen LogP contribution is -2.33. The van der Waals surface area contributed by atoms with Crippen molar-refractivity contribution in [2.45, 2.75) is 45.2 Å². The molecule has 0 unspecified atom stereocenters. The molecule has 7 heteroatoms. The lowest BCUT2D eigenvalue weighted by atomic mass is 9.93. The second-order valence-electron chi connectivity index (χ2n) is 7.02. The number of aromatic nitrogens is 4. The van der Waals surface area contributed by atoms with Gasteiger partial charge in [-0.25, -0.2) is 9.97 Å². The number of thiazole rings is 1. The largest absolute Gasteiger partial charge is 0.348 e. The van der Waals surface area contributed by atoms with Crippen molar-refractivity contribution < 1.29 is 4.79 Å². The number of amides is 1. The zero-order valence-electron chi connectivity index (χ0n) is 14.7. The molecule has 0 saturated carbocycles. The second kappa shape index (κ2) is 7.23. The smallest absolute Gasteiger partial charge is 0.243 e. The molecule has 0 aliphatic heterocycles. The molecule has 0 aromatic carbocycles. The van der Waals surface area contributed by atoms with Crippen LogP contribution in [0, 0.1) is 0 Å². The van der Waals surface area contributed by atoms with Gasteiger partial charge in [0.15, 0.2) is 0 Å². The molecule has 3 rings (SSSR count). The van der Waals surface area contributed by atoms with Crippen molar-refractivity contribution in [1.29, 1.82) is 0 Å². The SMILES string of the molecule is CC(C)(C)c1csc(CNC(=O)[C@@H](Cc2cnc[nH]2)n2cccc2)n1. The van der Waals surface area contributed by atoms with Gasteiger partial charge >= 0.3 is 0 Å². The molecule has 6 nitrogen and oxygen atoms in total. The Morgan fingerprint density at radius 1 is 1.36 bits per heavy atom. The van der Waals surface area contributed by atoms with Gasteiger partial charge in [0.2, 0.25) is 5.91 Å². The highest BCUT2D eigenvalue weighted by molar-refractivity contribution is 7.09. The molecule has 0 spiro atoms. The summed E-state index contributed by atoms with van der Waals surface area (Å²) in [5, 5.41) is 6.01. The molecule has 1 amide bonds. The zero-order chi connectivity index (χ0) is 17.9. The summed E-state index contributed by atoms with van der Waals surface area (Å²) < 4.78 is 1.92. The molecule has 0 bridgehead atoms. The fourth-order valence-electron chi connectivity index (χ4n) is 2.51. The van der Waals surface area contributed by atoms with Crippen LogP contribution in [0.15, 0.2) is 42.4 Å². The van der Waals surface area contributed by atoms with Crippen molar-refractivity contribution in [2.75, 3.05) is 0 Å². The molecule has 1 atom stereocenters. The van der Waals surface area contributed by atoms with Crippen LogP contribution in [0.1, 0.15) is 43.2 Å². The Morgan fingerprint density at radius 3 is 2.72 bits per heavy atom. The highest BCUT2D eigenvalue weighted by Crippen LogP contribution is 2.24. The molecular formula is C18H23N5OS. The van der Waals surface area contributed by atoms with E-state index in [0.29, 0.717) is 13.0 Å². The molecule has 0 radical (unpaired) electrons. The first-order valence-corrected chi connectivity index (χ1v) is 9.14. The van der Waals surface area contributed by atoms with E-state index in [1.54, 1.807) is 23.9 Å². The van der Waals surface area contributed by atoms with Crippen LogP contribution in [0.25, 0.3) is 0 Å². The van der Waals surface area contributed by atoms with Gasteiger partial charge in [-0.05, 0) is 12.1 Å². The van der Waals surface area contributed by atoms with E-state index in [9.17, 15) is 4.79 Å². The lowest BCUT2D eigenvalue weighted by Gasteiger charge is -2.18. The molecule has 3 heterocycles. The molecule has 0 fully saturated rings. The number of H-pyrrole nitrogens is 1. The molecule has 25 heavy (non-hydrogen) atoms. The minimum Gasteiger partial charge on any atom is -0.348 e. The highest BCUT2D eigenvalue weighted by atomic mass is 32.1. The van der Waals surface area contributed by atoms with Gasteiger partial charge in [0.1, 0.15) is 11.0 Å². The van der Waals surface area contributed by atoms with E-state index < -0.39 is 0 Å². The Bertz CT molecular complexity index is 799. The Hall–Kier alpha value is -2.41. The van der Waals surface area contributed by atoms with Crippen LogP contribution in [-0.4, -0.2) is 25.4 Å². The maximum Gasteiger partial charge on any atom is 0.243 e. The van der Waals surface area contributed by atoms with Crippen LogP contribution < -0.4 is 5.32 Å². The van der Waals surface area contributed by atoms with Gasteiger partial charge in [-0.2, -0.15) is 0 Å². The fraction of sp³-hybridized carbons (Fsp3) is 0.389. The molecule has 3 aromatic heterocycles. The van der Waals surface area contributed by atoms with Crippen molar-refractivity contribution in [1.82, 2.24) is 24.8 Å². The summed E-state index contributed by atoms with van der Waals surface area (Å²) in [6.45, 7) is 6.85. The van der Waals surface area contributed by atoms with Gasteiger partial charge < -0.3 is 14.9 Å². The number of hydrogen-bond donors (Lipinski definition) is 2. The van der Waals surface area contributed by atoms with Crippen LogP contribution in [0.3, 0.4) is 0 Å². The minimum absolute atomic E-state index is 0.0209. The average molecular weight is 357 g/mol. The van der Waals surface area contributed by atoms with Crippen molar-refractivity contribution in [2.24, 2.45) is 0 Å². The molecule has 0 aliphatic carbocycles. The van der Waals surface area contributed by atoms with E-state index in [-0.39, 0.29) is 17.4 Å². The summed E-state index contributed by atoms with van der Waals surface area (Å²) in [5.74, 6) is -0.0293. The van der Waals surface area contributed by atoms with Crippen LogP contribution >= 0.6 is 11.3 Å². The summed E-state index contributed by atoms with van der Waals surface area (Å²) in [6, 6.07) is 3.52. The zero-order valence-corrected chi connectivity index (χ0v) is 15.5. The predicted molar refractivity (Wildman–Crippen MR) is 98.4 cm³/mol. The maximum atomic E-state index is 12.8. The average Bonchev–Trinajstić information content (AvgIpc) is 3.32. The molecular weight excluding hydrogens is 334 g/mol. The summed E-state index contributed by atoms with van der Waals surface area (Å²) in [5.41, 5.74) is 2.01. The van der Waals surface area contributed by atoms with E-state index >= 15 is 0 Å². The maximum absolute atomic E-state index is 12.8. The van der Waals surface area contributed by atoms with Gasteiger partial charge in [0, 0.05) is 41.5 Å². The number of nitrogens with zero attached hydrogens (tertiary/aromatic N) is 3. The normalized spacial score (nSPS) is 12.9. The molecule has 3 aromatic rings. The quantitative estimate of drug-likeness (QED) is 0.712. The van der Waals surface area contributed by atoms with Crippen molar-refractivity contribution in [3.8, 4) is 0 Å². The van der Waals surface area contributed by atoms with Crippen LogP contribution in [0.4, 0.5) is 0 Å². The van der Waals surface area contributed by atoms with Gasteiger partial charge in [-0.15, -0.1) is 11.3 Å². The summed E-state index contributed by atoms with van der Waals surface area (Å²) in [6.07, 6.45) is 7.75. The number of imidazole rings is 1. The summed E-state index contributed by atoms with van der Waals surface area (Å²) in [7, 11) is 0. The second-order valence-corrected chi connectivity index (χ2v) is 7.96. The van der Waals surface area contributed by atoms with E-state index in [4.69, 9.17) is 0 Å². The standard InChI is InChI=1S/C18H23N5OS/c1-18(2,3)15-11-25-16(22-15)10-20-17(24)14(23-6-4-5-7-23)8-13-9-19-12-21-13/h4-7,9,11-12,14H,8,10H2,1-3H3,(H,19,21)(H,20,24)/t14-/m1/s1. The third-order valence-electron chi connectivity index (χ3n) is 3.99. The Balaban J connectivity index is 1.67. The Labute approximate surface area is 151 Å².